The van der Waals surface area contributed by atoms with E-state index in [1.807, 2.05) is 0 Å². The molecule has 4 nitrogen and oxygen atoms in total. The minimum Gasteiger partial charge on any atom is -0.478 e. The molecule has 1 aromatic heterocycles. The number of aryl methyl sites for hydroxylation is 1. The highest BCUT2D eigenvalue weighted by Gasteiger charge is 2.07. The summed E-state index contributed by atoms with van der Waals surface area (Å²) in [6.45, 7) is 3.15. The van der Waals surface area contributed by atoms with Crippen LogP contribution in [0.15, 0.2) is 12.1 Å². The second kappa shape index (κ2) is 4.00. The van der Waals surface area contributed by atoms with Gasteiger partial charge in [0.05, 0.1) is 5.56 Å². The second-order valence-corrected chi connectivity index (χ2v) is 3.17. The third-order valence-corrected chi connectivity index (χ3v) is 1.68. The molecule has 4 heteroatoms. The van der Waals surface area contributed by atoms with Crippen LogP contribution < -0.4 is 0 Å². The molecule has 0 aliphatic heterocycles. The number of hydrogen-bond acceptors (Lipinski definition) is 3. The number of carbonyl (C=O) groups excluding carboxylic acids is 1. The van der Waals surface area contributed by atoms with Crippen LogP contribution in [-0.2, 0) is 11.2 Å². The Labute approximate surface area is 81.6 Å². The zero-order valence-electron chi connectivity index (χ0n) is 8.07. The van der Waals surface area contributed by atoms with Crippen LogP contribution in [-0.4, -0.2) is 21.8 Å². The molecule has 0 bridgehead atoms. The molecule has 0 aromatic carbocycles. The maximum atomic E-state index is 10.8. The van der Waals surface area contributed by atoms with E-state index in [4.69, 9.17) is 5.11 Å². The normalized spacial score (nSPS) is 9.86. The molecule has 0 radical (unpaired) electrons. The smallest absolute Gasteiger partial charge is 0.335 e. The van der Waals surface area contributed by atoms with E-state index in [0.717, 1.165) is 0 Å². The number of ketones is 1. The molecule has 1 heterocycles. The number of pyridine rings is 1. The van der Waals surface area contributed by atoms with Crippen LogP contribution in [0.25, 0.3) is 0 Å². The van der Waals surface area contributed by atoms with E-state index in [1.165, 1.54) is 19.1 Å². The van der Waals surface area contributed by atoms with Gasteiger partial charge >= 0.3 is 5.97 Å². The van der Waals surface area contributed by atoms with Gasteiger partial charge in [0.25, 0.3) is 0 Å². The van der Waals surface area contributed by atoms with E-state index in [1.54, 1.807) is 6.92 Å². The summed E-state index contributed by atoms with van der Waals surface area (Å²) in [5.41, 5.74) is 1.30. The van der Waals surface area contributed by atoms with Crippen molar-refractivity contribution in [3.63, 3.8) is 0 Å². The zero-order chi connectivity index (χ0) is 10.7. The molecule has 0 saturated carbocycles. The Morgan fingerprint density at radius 2 is 2.07 bits per heavy atom. The Kier molecular flexibility index (Phi) is 2.96. The van der Waals surface area contributed by atoms with Crippen molar-refractivity contribution in [1.29, 1.82) is 0 Å². The fourth-order valence-corrected chi connectivity index (χ4v) is 1.21. The summed E-state index contributed by atoms with van der Waals surface area (Å²) < 4.78 is 0. The first kappa shape index (κ1) is 10.4. The predicted molar refractivity (Wildman–Crippen MR) is 50.3 cm³/mol. The van der Waals surface area contributed by atoms with E-state index >= 15 is 0 Å². The molecule has 0 fully saturated rings. The van der Waals surface area contributed by atoms with E-state index in [2.05, 4.69) is 4.98 Å². The predicted octanol–water partition coefficient (Wildman–Crippen LogP) is 1.22. The summed E-state index contributed by atoms with van der Waals surface area (Å²) in [6.07, 6.45) is 0.182. The van der Waals surface area contributed by atoms with Crippen molar-refractivity contribution >= 4 is 11.8 Å². The van der Waals surface area contributed by atoms with Crippen molar-refractivity contribution in [2.24, 2.45) is 0 Å². The van der Waals surface area contributed by atoms with Gasteiger partial charge in [-0.25, -0.2) is 4.79 Å². The number of carboxylic acids is 1. The minimum atomic E-state index is -1.000. The molecule has 0 aliphatic carbocycles. The first-order valence-electron chi connectivity index (χ1n) is 4.19. The summed E-state index contributed by atoms with van der Waals surface area (Å²) in [7, 11) is 0. The van der Waals surface area contributed by atoms with Crippen molar-refractivity contribution in [1.82, 2.24) is 4.98 Å². The molecular weight excluding hydrogens is 182 g/mol. The lowest BCUT2D eigenvalue weighted by molar-refractivity contribution is -0.116. The van der Waals surface area contributed by atoms with Gasteiger partial charge in [-0.05, 0) is 26.0 Å². The first-order chi connectivity index (χ1) is 6.49. The molecule has 0 unspecified atom stereocenters. The van der Waals surface area contributed by atoms with Crippen LogP contribution in [0.3, 0.4) is 0 Å². The lowest BCUT2D eigenvalue weighted by Gasteiger charge is -2.01. The molecule has 1 rings (SSSR count). The summed E-state index contributed by atoms with van der Waals surface area (Å²) >= 11 is 0. The van der Waals surface area contributed by atoms with Gasteiger partial charge in [0.1, 0.15) is 5.78 Å². The number of Topliss-reactive ketones (excluding diaryl/α,β-unsaturated/α-hetero) is 1. The number of hydrogen-bond donors (Lipinski definition) is 1. The summed E-state index contributed by atoms with van der Waals surface area (Å²) in [5.74, 6) is -1.03. The second-order valence-electron chi connectivity index (χ2n) is 3.17. The topological polar surface area (TPSA) is 67.3 Å². The van der Waals surface area contributed by atoms with Crippen LogP contribution in [0.1, 0.15) is 28.7 Å². The summed E-state index contributed by atoms with van der Waals surface area (Å²) in [4.78, 5) is 25.6. The van der Waals surface area contributed by atoms with Gasteiger partial charge in [0.15, 0.2) is 0 Å². The van der Waals surface area contributed by atoms with Crippen molar-refractivity contribution in [2.75, 3.05) is 0 Å². The van der Waals surface area contributed by atoms with E-state index in [9.17, 15) is 9.59 Å². The number of rotatable bonds is 3. The van der Waals surface area contributed by atoms with Crippen molar-refractivity contribution < 1.29 is 14.7 Å². The number of carbonyl (C=O) groups is 2. The zero-order valence-corrected chi connectivity index (χ0v) is 8.07. The standard InChI is InChI=1S/C10H11NO3/c1-6-3-8(10(13)14)5-9(11-6)4-7(2)12/h3,5H,4H2,1-2H3,(H,13,14). The van der Waals surface area contributed by atoms with Crippen molar-refractivity contribution in [3.05, 3.63) is 29.1 Å². The largest absolute Gasteiger partial charge is 0.478 e. The lowest BCUT2D eigenvalue weighted by Crippen LogP contribution is -2.04. The van der Waals surface area contributed by atoms with Crippen molar-refractivity contribution in [2.45, 2.75) is 20.3 Å². The Hall–Kier alpha value is -1.71. The van der Waals surface area contributed by atoms with Gasteiger partial charge in [-0.15, -0.1) is 0 Å². The van der Waals surface area contributed by atoms with Gasteiger partial charge in [0, 0.05) is 17.8 Å². The number of aromatic carboxylic acids is 1. The number of carboxylic acid groups (broad SMARTS) is 1. The van der Waals surface area contributed by atoms with Gasteiger partial charge in [-0.2, -0.15) is 0 Å². The molecule has 0 spiro atoms. The van der Waals surface area contributed by atoms with Gasteiger partial charge in [-0.3, -0.25) is 9.78 Å². The monoisotopic (exact) mass is 193 g/mol. The summed E-state index contributed by atoms with van der Waals surface area (Å²) in [6, 6.07) is 2.91. The lowest BCUT2D eigenvalue weighted by atomic mass is 10.1. The number of nitrogens with zero attached hydrogens (tertiary/aromatic N) is 1. The Morgan fingerprint density at radius 1 is 1.43 bits per heavy atom. The SMILES string of the molecule is CC(=O)Cc1cc(C(=O)O)cc(C)n1. The van der Waals surface area contributed by atoms with Crippen molar-refractivity contribution in [3.8, 4) is 0 Å². The summed E-state index contributed by atoms with van der Waals surface area (Å²) in [5, 5.41) is 8.76. The highest BCUT2D eigenvalue weighted by Crippen LogP contribution is 2.06. The molecule has 0 saturated heterocycles. The third-order valence-electron chi connectivity index (χ3n) is 1.68. The van der Waals surface area contributed by atoms with Crippen LogP contribution in [0.5, 0.6) is 0 Å². The molecule has 14 heavy (non-hydrogen) atoms. The van der Waals surface area contributed by atoms with E-state index in [-0.39, 0.29) is 17.8 Å². The maximum absolute atomic E-state index is 10.8. The van der Waals surface area contributed by atoms with Crippen LogP contribution in [0.4, 0.5) is 0 Å². The Bertz CT molecular complexity index is 385. The molecule has 0 aliphatic rings. The fourth-order valence-electron chi connectivity index (χ4n) is 1.21. The molecule has 1 aromatic rings. The highest BCUT2D eigenvalue weighted by molar-refractivity contribution is 5.88. The molecule has 74 valence electrons. The van der Waals surface area contributed by atoms with Gasteiger partial charge < -0.3 is 5.11 Å². The quantitative estimate of drug-likeness (QED) is 0.783. The van der Waals surface area contributed by atoms with E-state index in [0.29, 0.717) is 11.4 Å². The Balaban J connectivity index is 3.07. The highest BCUT2D eigenvalue weighted by atomic mass is 16.4. The average Bonchev–Trinajstić information content (AvgIpc) is 2.01. The van der Waals surface area contributed by atoms with Gasteiger partial charge in [0.2, 0.25) is 0 Å². The number of aromatic nitrogens is 1. The average molecular weight is 193 g/mol. The fraction of sp³-hybridized carbons (Fsp3) is 0.300. The van der Waals surface area contributed by atoms with Crippen LogP contribution >= 0.6 is 0 Å². The molecule has 0 amide bonds. The van der Waals surface area contributed by atoms with E-state index < -0.39 is 5.97 Å². The van der Waals surface area contributed by atoms with Gasteiger partial charge in [-0.1, -0.05) is 0 Å². The molecule has 1 N–H and O–H groups in total. The Morgan fingerprint density at radius 3 is 2.57 bits per heavy atom. The molecule has 0 atom stereocenters. The molecular formula is C10H11NO3. The maximum Gasteiger partial charge on any atom is 0.335 e. The van der Waals surface area contributed by atoms with Crippen LogP contribution in [0, 0.1) is 6.92 Å². The minimum absolute atomic E-state index is 0.0283. The van der Waals surface area contributed by atoms with Crippen LogP contribution in [0.2, 0.25) is 0 Å². The first-order valence-corrected chi connectivity index (χ1v) is 4.19. The third kappa shape index (κ3) is 2.65.